The van der Waals surface area contributed by atoms with E-state index < -0.39 is 0 Å². The number of fused-ring (bicyclic) bond motifs is 3. The third kappa shape index (κ3) is 4.67. The zero-order valence-electron chi connectivity index (χ0n) is 25.8. The van der Waals surface area contributed by atoms with Crippen LogP contribution in [0.5, 0.6) is 0 Å². The van der Waals surface area contributed by atoms with E-state index in [1.54, 1.807) is 16.7 Å². The fraction of sp³-hybridized carbons (Fsp3) is 0.641. The van der Waals surface area contributed by atoms with Gasteiger partial charge in [0.05, 0.1) is 0 Å². The Morgan fingerprint density at radius 3 is 1.41 bits per heavy atom. The topological polar surface area (TPSA) is 0 Å². The Morgan fingerprint density at radius 1 is 0.538 bits per heavy atom. The molecule has 5 aliphatic rings. The summed E-state index contributed by atoms with van der Waals surface area (Å²) in [7, 11) is 0. The van der Waals surface area contributed by atoms with E-state index in [9.17, 15) is 0 Å². The predicted octanol–water partition coefficient (Wildman–Crippen LogP) is 10.9. The van der Waals surface area contributed by atoms with Crippen molar-refractivity contribution >= 4 is 0 Å². The lowest BCUT2D eigenvalue weighted by atomic mass is 9.48. The van der Waals surface area contributed by atoms with Gasteiger partial charge in [0.25, 0.3) is 0 Å². The Balaban J connectivity index is 1.61. The molecule has 5 unspecified atom stereocenters. The lowest BCUT2D eigenvalue weighted by molar-refractivity contribution is 0.0344. The summed E-state index contributed by atoms with van der Waals surface area (Å²) in [5.41, 5.74) is 5.46. The van der Waals surface area contributed by atoms with Crippen molar-refractivity contribution in [3.8, 4) is 0 Å². The summed E-state index contributed by atoms with van der Waals surface area (Å²) < 4.78 is 0. The summed E-state index contributed by atoms with van der Waals surface area (Å²) in [6, 6.07) is 12.1. The maximum Gasteiger partial charge on any atom is 0.00493 e. The van der Waals surface area contributed by atoms with Gasteiger partial charge in [0.2, 0.25) is 0 Å². The van der Waals surface area contributed by atoms with Gasteiger partial charge in [0.1, 0.15) is 0 Å². The molecule has 3 fully saturated rings. The monoisotopic (exact) mass is 522 g/mol. The van der Waals surface area contributed by atoms with Gasteiger partial charge in [0.15, 0.2) is 0 Å². The summed E-state index contributed by atoms with van der Waals surface area (Å²) >= 11 is 0. The van der Waals surface area contributed by atoms with Crippen LogP contribution in [-0.2, 0) is 5.41 Å². The molecule has 0 amide bonds. The van der Waals surface area contributed by atoms with Crippen molar-refractivity contribution in [2.75, 3.05) is 0 Å². The number of rotatable bonds is 4. The van der Waals surface area contributed by atoms with Crippen LogP contribution in [0.2, 0.25) is 0 Å². The van der Waals surface area contributed by atoms with Crippen LogP contribution in [0.1, 0.15) is 105 Å². The van der Waals surface area contributed by atoms with E-state index in [0.717, 1.165) is 11.8 Å². The summed E-state index contributed by atoms with van der Waals surface area (Å²) in [6.07, 6.45) is 28.8. The summed E-state index contributed by atoms with van der Waals surface area (Å²) in [6.45, 7) is 14.5. The normalized spacial score (nSPS) is 33.3. The maximum absolute atomic E-state index is 2.81. The molecule has 5 atom stereocenters. The number of hydrogen-bond donors (Lipinski definition) is 0. The Hall–Kier alpha value is -1.82. The minimum atomic E-state index is 0.190. The van der Waals surface area contributed by atoms with Crippen molar-refractivity contribution in [1.82, 2.24) is 0 Å². The van der Waals surface area contributed by atoms with E-state index >= 15 is 0 Å². The van der Waals surface area contributed by atoms with Crippen LogP contribution in [0, 0.1) is 52.3 Å². The van der Waals surface area contributed by atoms with Crippen molar-refractivity contribution in [1.29, 1.82) is 0 Å². The second-order valence-electron chi connectivity index (χ2n) is 15.9. The highest BCUT2D eigenvalue weighted by atomic mass is 14.7. The van der Waals surface area contributed by atoms with E-state index in [1.807, 2.05) is 0 Å². The van der Waals surface area contributed by atoms with Crippen LogP contribution in [0.25, 0.3) is 0 Å². The summed E-state index contributed by atoms with van der Waals surface area (Å²) in [5.74, 6) is 4.73. The van der Waals surface area contributed by atoms with Crippen molar-refractivity contribution < 1.29 is 0 Å². The molecule has 3 saturated carbocycles. The molecule has 210 valence electrons. The van der Waals surface area contributed by atoms with Gasteiger partial charge in [-0.1, -0.05) is 140 Å². The molecule has 1 aromatic carbocycles. The molecule has 0 N–H and O–H groups in total. The SMILES string of the molecule is CC(C)(C)C1=CC2C(C=C1)C1C=CC(C(C)(C)C)=CC1C2C(c1ccccc1)(C1CCCCC1)C1CCCC1. The molecule has 0 aliphatic heterocycles. The highest BCUT2D eigenvalue weighted by Crippen LogP contribution is 2.66. The first-order valence-electron chi connectivity index (χ1n) is 16.5. The molecule has 0 heterocycles. The van der Waals surface area contributed by atoms with E-state index in [2.05, 4.69) is 108 Å². The van der Waals surface area contributed by atoms with Crippen LogP contribution in [-0.4, -0.2) is 0 Å². The van der Waals surface area contributed by atoms with Gasteiger partial charge in [-0.05, 0) is 94.6 Å². The number of hydrogen-bond acceptors (Lipinski definition) is 0. The molecule has 0 bridgehead atoms. The Labute approximate surface area is 240 Å². The zero-order valence-corrected chi connectivity index (χ0v) is 25.8. The van der Waals surface area contributed by atoms with Gasteiger partial charge >= 0.3 is 0 Å². The Bertz CT molecular complexity index is 1080. The molecular formula is C39H54. The zero-order chi connectivity index (χ0) is 27.4. The summed E-state index contributed by atoms with van der Waals surface area (Å²) in [4.78, 5) is 0. The first-order chi connectivity index (χ1) is 18.6. The standard InChI is InChI=1S/C39H54/c1-37(2,3)30-21-23-32-33-24-22-31(38(4,5)6)26-35(33)36(34(32)25-30)39(29-19-13-14-20-29,27-15-9-7-10-16-27)28-17-11-8-12-18-28/h7,9-10,15-16,21-26,28-29,32-36H,8,11-14,17-20H2,1-6H3. The Morgan fingerprint density at radius 2 is 0.974 bits per heavy atom. The van der Waals surface area contributed by atoms with E-state index in [1.165, 1.54) is 57.8 Å². The van der Waals surface area contributed by atoms with Crippen LogP contribution >= 0.6 is 0 Å². The minimum Gasteiger partial charge on any atom is -0.0799 e. The van der Waals surface area contributed by atoms with Crippen molar-refractivity contribution in [3.63, 3.8) is 0 Å². The summed E-state index contributed by atoms with van der Waals surface area (Å²) in [5, 5.41) is 0. The molecule has 6 rings (SSSR count). The molecular weight excluding hydrogens is 468 g/mol. The molecule has 39 heavy (non-hydrogen) atoms. The molecule has 5 aliphatic carbocycles. The minimum absolute atomic E-state index is 0.190. The third-order valence-electron chi connectivity index (χ3n) is 11.8. The number of allylic oxidation sites excluding steroid dienone is 8. The van der Waals surface area contributed by atoms with E-state index in [0.29, 0.717) is 29.6 Å². The van der Waals surface area contributed by atoms with Crippen LogP contribution < -0.4 is 0 Å². The first kappa shape index (κ1) is 27.4. The van der Waals surface area contributed by atoms with E-state index in [4.69, 9.17) is 0 Å². The fourth-order valence-corrected chi connectivity index (χ4v) is 10.0. The Kier molecular flexibility index (Phi) is 7.17. The fourth-order valence-electron chi connectivity index (χ4n) is 10.0. The highest BCUT2D eigenvalue weighted by Gasteiger charge is 2.62. The smallest absolute Gasteiger partial charge is 0.00493 e. The lowest BCUT2D eigenvalue weighted by Gasteiger charge is -2.55. The van der Waals surface area contributed by atoms with Gasteiger partial charge in [-0.3, -0.25) is 0 Å². The van der Waals surface area contributed by atoms with Gasteiger partial charge in [-0.2, -0.15) is 0 Å². The highest BCUT2D eigenvalue weighted by molar-refractivity contribution is 5.43. The molecule has 0 nitrogen and oxygen atoms in total. The van der Waals surface area contributed by atoms with Gasteiger partial charge in [0, 0.05) is 5.41 Å². The largest absolute Gasteiger partial charge is 0.0799 e. The molecule has 1 aromatic rings. The molecule has 0 aromatic heterocycles. The van der Waals surface area contributed by atoms with Gasteiger partial charge < -0.3 is 0 Å². The molecule has 0 radical (unpaired) electrons. The van der Waals surface area contributed by atoms with Crippen molar-refractivity contribution in [3.05, 3.63) is 83.5 Å². The van der Waals surface area contributed by atoms with Gasteiger partial charge in [-0.25, -0.2) is 0 Å². The van der Waals surface area contributed by atoms with E-state index in [-0.39, 0.29) is 16.2 Å². The second kappa shape index (κ2) is 10.2. The second-order valence-corrected chi connectivity index (χ2v) is 15.9. The van der Waals surface area contributed by atoms with Crippen LogP contribution in [0.15, 0.2) is 77.9 Å². The third-order valence-corrected chi connectivity index (χ3v) is 11.8. The van der Waals surface area contributed by atoms with Crippen LogP contribution in [0.4, 0.5) is 0 Å². The number of benzene rings is 1. The van der Waals surface area contributed by atoms with Gasteiger partial charge in [-0.15, -0.1) is 0 Å². The molecule has 0 heteroatoms. The van der Waals surface area contributed by atoms with Crippen molar-refractivity contribution in [2.45, 2.75) is 105 Å². The average molecular weight is 523 g/mol. The average Bonchev–Trinajstić information content (AvgIpc) is 3.57. The lowest BCUT2D eigenvalue weighted by Crippen LogP contribution is -2.52. The maximum atomic E-state index is 2.81. The molecule has 0 saturated heterocycles. The quantitative estimate of drug-likeness (QED) is 0.369. The predicted molar refractivity (Wildman–Crippen MR) is 167 cm³/mol. The first-order valence-corrected chi connectivity index (χ1v) is 16.5. The molecule has 0 spiro atoms. The van der Waals surface area contributed by atoms with Crippen molar-refractivity contribution in [2.24, 2.45) is 52.3 Å². The van der Waals surface area contributed by atoms with Crippen LogP contribution in [0.3, 0.4) is 0 Å².